The van der Waals surface area contributed by atoms with E-state index in [1.807, 2.05) is 49.4 Å². The lowest BCUT2D eigenvalue weighted by Gasteiger charge is -2.19. The molecule has 2 aromatic rings. The average molecular weight is 295 g/mol. The third kappa shape index (κ3) is 3.97. The predicted octanol–water partition coefficient (Wildman–Crippen LogP) is 5.40. The number of hydrogen-bond donors (Lipinski definition) is 1. The number of benzene rings is 2. The summed E-state index contributed by atoms with van der Waals surface area (Å²) in [5.41, 5.74) is 3.85. The fourth-order valence-electron chi connectivity index (χ4n) is 2.89. The number of para-hydroxylation sites is 1. The standard InChI is InChI=1S/C20H25NO/c1-14(2)13-16(4)17-10-7-8-12-19(17)21-20(22)18-11-6-5-9-15(18)3/h5-12,14,16H,13H2,1-4H3,(H,21,22)/t16-/m1/s1. The molecule has 1 atom stereocenters. The van der Waals surface area contributed by atoms with Crippen LogP contribution in [0.1, 0.15) is 54.6 Å². The Bertz CT molecular complexity index is 646. The molecule has 0 saturated carbocycles. The van der Waals surface area contributed by atoms with Crippen LogP contribution in [0, 0.1) is 12.8 Å². The fourth-order valence-corrected chi connectivity index (χ4v) is 2.89. The van der Waals surface area contributed by atoms with E-state index in [4.69, 9.17) is 0 Å². The number of amides is 1. The van der Waals surface area contributed by atoms with Gasteiger partial charge in [0.2, 0.25) is 0 Å². The number of hydrogen-bond acceptors (Lipinski definition) is 1. The minimum absolute atomic E-state index is 0.0395. The van der Waals surface area contributed by atoms with E-state index in [-0.39, 0.29) is 5.91 Å². The second-order valence-electron chi connectivity index (χ2n) is 6.39. The van der Waals surface area contributed by atoms with Crippen molar-refractivity contribution in [2.24, 2.45) is 5.92 Å². The van der Waals surface area contributed by atoms with Crippen molar-refractivity contribution in [3.05, 3.63) is 65.2 Å². The van der Waals surface area contributed by atoms with Crippen LogP contribution in [0.5, 0.6) is 0 Å². The third-order valence-corrected chi connectivity index (χ3v) is 3.95. The Kier molecular flexibility index (Phi) is 5.37. The van der Waals surface area contributed by atoms with Gasteiger partial charge in [-0.2, -0.15) is 0 Å². The lowest BCUT2D eigenvalue weighted by molar-refractivity contribution is 0.102. The van der Waals surface area contributed by atoms with Crippen LogP contribution in [0.25, 0.3) is 0 Å². The molecule has 1 N–H and O–H groups in total. The Balaban J connectivity index is 2.23. The predicted molar refractivity (Wildman–Crippen MR) is 93.4 cm³/mol. The summed E-state index contributed by atoms with van der Waals surface area (Å²) in [5, 5.41) is 3.08. The Labute approximate surface area is 133 Å². The summed E-state index contributed by atoms with van der Waals surface area (Å²) in [6.45, 7) is 8.64. The van der Waals surface area contributed by atoms with Crippen molar-refractivity contribution in [2.75, 3.05) is 5.32 Å². The molecule has 0 aromatic heterocycles. The molecule has 0 saturated heterocycles. The van der Waals surface area contributed by atoms with Gasteiger partial charge in [-0.3, -0.25) is 4.79 Å². The highest BCUT2D eigenvalue weighted by Gasteiger charge is 2.15. The molecule has 2 heteroatoms. The van der Waals surface area contributed by atoms with Crippen LogP contribution in [0.3, 0.4) is 0 Å². The molecule has 1 amide bonds. The average Bonchev–Trinajstić information content (AvgIpc) is 2.47. The fraction of sp³-hybridized carbons (Fsp3) is 0.350. The summed E-state index contributed by atoms with van der Waals surface area (Å²) >= 11 is 0. The monoisotopic (exact) mass is 295 g/mol. The molecule has 0 aliphatic rings. The third-order valence-electron chi connectivity index (χ3n) is 3.95. The second-order valence-corrected chi connectivity index (χ2v) is 6.39. The zero-order valence-electron chi connectivity index (χ0n) is 13.9. The molecule has 0 unspecified atom stereocenters. The SMILES string of the molecule is Cc1ccccc1C(=O)Nc1ccccc1[C@H](C)CC(C)C. The van der Waals surface area contributed by atoms with Crippen molar-refractivity contribution >= 4 is 11.6 Å². The summed E-state index contributed by atoms with van der Waals surface area (Å²) < 4.78 is 0. The molecule has 2 nitrogen and oxygen atoms in total. The van der Waals surface area contributed by atoms with Gasteiger partial charge in [-0.1, -0.05) is 57.2 Å². The maximum Gasteiger partial charge on any atom is 0.255 e. The van der Waals surface area contributed by atoms with Gasteiger partial charge in [0.05, 0.1) is 0 Å². The summed E-state index contributed by atoms with van der Waals surface area (Å²) in [6.07, 6.45) is 1.11. The highest BCUT2D eigenvalue weighted by atomic mass is 16.1. The Morgan fingerprint density at radius 3 is 2.32 bits per heavy atom. The van der Waals surface area contributed by atoms with E-state index < -0.39 is 0 Å². The van der Waals surface area contributed by atoms with E-state index in [1.54, 1.807) is 0 Å². The van der Waals surface area contributed by atoms with E-state index >= 15 is 0 Å². The summed E-state index contributed by atoms with van der Waals surface area (Å²) in [4.78, 5) is 12.5. The molecule has 2 aromatic carbocycles. The Morgan fingerprint density at radius 1 is 1.00 bits per heavy atom. The number of carbonyl (C=O) groups is 1. The molecular formula is C20H25NO. The van der Waals surface area contributed by atoms with Crippen molar-refractivity contribution in [3.63, 3.8) is 0 Å². The van der Waals surface area contributed by atoms with Crippen molar-refractivity contribution < 1.29 is 4.79 Å². The smallest absolute Gasteiger partial charge is 0.255 e. The molecular weight excluding hydrogens is 270 g/mol. The molecule has 0 aliphatic heterocycles. The molecule has 0 bridgehead atoms. The number of anilines is 1. The van der Waals surface area contributed by atoms with E-state index in [2.05, 4.69) is 32.2 Å². The Morgan fingerprint density at radius 2 is 1.64 bits per heavy atom. The summed E-state index contributed by atoms with van der Waals surface area (Å²) in [6, 6.07) is 15.8. The van der Waals surface area contributed by atoms with Gasteiger partial charge < -0.3 is 5.32 Å². The first kappa shape index (κ1) is 16.3. The van der Waals surface area contributed by atoms with Crippen LogP contribution in [-0.2, 0) is 0 Å². The highest BCUT2D eigenvalue weighted by Crippen LogP contribution is 2.29. The molecule has 0 aliphatic carbocycles. The zero-order valence-corrected chi connectivity index (χ0v) is 13.9. The molecule has 0 spiro atoms. The van der Waals surface area contributed by atoms with Crippen LogP contribution in [0.4, 0.5) is 5.69 Å². The van der Waals surface area contributed by atoms with Gasteiger partial charge in [0.1, 0.15) is 0 Å². The minimum Gasteiger partial charge on any atom is -0.322 e. The maximum absolute atomic E-state index is 12.5. The number of aryl methyl sites for hydroxylation is 1. The topological polar surface area (TPSA) is 29.1 Å². The van der Waals surface area contributed by atoms with Crippen LogP contribution in [-0.4, -0.2) is 5.91 Å². The normalized spacial score (nSPS) is 12.2. The Hall–Kier alpha value is -2.09. The van der Waals surface area contributed by atoms with E-state index in [9.17, 15) is 4.79 Å². The van der Waals surface area contributed by atoms with Crippen molar-refractivity contribution in [3.8, 4) is 0 Å². The van der Waals surface area contributed by atoms with Gasteiger partial charge in [-0.15, -0.1) is 0 Å². The van der Waals surface area contributed by atoms with Gasteiger partial charge >= 0.3 is 0 Å². The van der Waals surface area contributed by atoms with Crippen LogP contribution >= 0.6 is 0 Å². The minimum atomic E-state index is -0.0395. The number of carbonyl (C=O) groups excluding carboxylic acids is 1. The molecule has 0 radical (unpaired) electrons. The van der Waals surface area contributed by atoms with E-state index in [0.717, 1.165) is 23.2 Å². The molecule has 0 fully saturated rings. The van der Waals surface area contributed by atoms with Gasteiger partial charge in [-0.25, -0.2) is 0 Å². The van der Waals surface area contributed by atoms with Crippen LogP contribution in [0.2, 0.25) is 0 Å². The first-order chi connectivity index (χ1) is 10.5. The summed E-state index contributed by atoms with van der Waals surface area (Å²) in [5.74, 6) is 1.02. The van der Waals surface area contributed by atoms with E-state index in [0.29, 0.717) is 11.8 Å². The van der Waals surface area contributed by atoms with Crippen molar-refractivity contribution in [1.82, 2.24) is 0 Å². The van der Waals surface area contributed by atoms with Gasteiger partial charge in [0.15, 0.2) is 0 Å². The second kappa shape index (κ2) is 7.26. The van der Waals surface area contributed by atoms with Crippen LogP contribution < -0.4 is 5.32 Å². The first-order valence-corrected chi connectivity index (χ1v) is 7.95. The lowest BCUT2D eigenvalue weighted by atomic mass is 9.91. The lowest BCUT2D eigenvalue weighted by Crippen LogP contribution is -2.15. The van der Waals surface area contributed by atoms with Crippen LogP contribution in [0.15, 0.2) is 48.5 Å². The van der Waals surface area contributed by atoms with Crippen molar-refractivity contribution in [2.45, 2.75) is 40.0 Å². The van der Waals surface area contributed by atoms with Gasteiger partial charge in [0, 0.05) is 11.3 Å². The quantitative estimate of drug-likeness (QED) is 0.786. The van der Waals surface area contributed by atoms with E-state index in [1.165, 1.54) is 5.56 Å². The summed E-state index contributed by atoms with van der Waals surface area (Å²) in [7, 11) is 0. The van der Waals surface area contributed by atoms with Gasteiger partial charge in [-0.05, 0) is 48.4 Å². The van der Waals surface area contributed by atoms with Crippen molar-refractivity contribution in [1.29, 1.82) is 0 Å². The maximum atomic E-state index is 12.5. The first-order valence-electron chi connectivity index (χ1n) is 7.95. The molecule has 0 heterocycles. The largest absolute Gasteiger partial charge is 0.322 e. The number of nitrogens with one attached hydrogen (secondary N) is 1. The number of rotatable bonds is 5. The zero-order chi connectivity index (χ0) is 16.1. The molecule has 2 rings (SSSR count). The van der Waals surface area contributed by atoms with Gasteiger partial charge in [0.25, 0.3) is 5.91 Å². The molecule has 116 valence electrons. The highest BCUT2D eigenvalue weighted by molar-refractivity contribution is 6.05. The molecule has 22 heavy (non-hydrogen) atoms.